The second kappa shape index (κ2) is 44.4. The molecule has 402 valence electrons. The van der Waals surface area contributed by atoms with Crippen molar-refractivity contribution in [1.82, 2.24) is 21.3 Å². The van der Waals surface area contributed by atoms with Gasteiger partial charge in [0.2, 0.25) is 17.7 Å². The highest BCUT2D eigenvalue weighted by atomic mass is 16.5. The van der Waals surface area contributed by atoms with Crippen molar-refractivity contribution in [3.8, 4) is 0 Å². The van der Waals surface area contributed by atoms with E-state index in [0.717, 1.165) is 64.2 Å². The molecule has 0 bridgehead atoms. The molecule has 2 atom stereocenters. The second-order valence-electron chi connectivity index (χ2n) is 19.7. The average Bonchev–Trinajstić information content (AvgIpc) is 3.27. The normalized spacial score (nSPS) is 12.4. The van der Waals surface area contributed by atoms with E-state index in [4.69, 9.17) is 24.1 Å². The van der Waals surface area contributed by atoms with Crippen LogP contribution >= 0.6 is 0 Å². The van der Waals surface area contributed by atoms with E-state index in [-0.39, 0.29) is 125 Å². The molecule has 0 radical (unpaired) electrons. The van der Waals surface area contributed by atoms with E-state index in [9.17, 15) is 38.7 Å². The number of aliphatic carboxylic acids is 2. The Hall–Kier alpha value is -3.51. The van der Waals surface area contributed by atoms with Gasteiger partial charge >= 0.3 is 11.9 Å². The quantitative estimate of drug-likeness (QED) is 0.0324. The highest BCUT2D eigenvalue weighted by Gasteiger charge is 2.24. The molecule has 0 aromatic carbocycles. The van der Waals surface area contributed by atoms with Crippen LogP contribution in [-0.2, 0) is 52.5 Å². The topological polar surface area (TPSA) is 245 Å². The number of nitrogens with one attached hydrogen (secondary N) is 4. The van der Waals surface area contributed by atoms with Gasteiger partial charge in [0.15, 0.2) is 0 Å². The molecule has 6 N–H and O–H groups in total. The van der Waals surface area contributed by atoms with Crippen molar-refractivity contribution in [3.05, 3.63) is 0 Å². The minimum atomic E-state index is -1.06. The van der Waals surface area contributed by atoms with E-state index in [1.807, 2.05) is 13.8 Å². The third-order valence-corrected chi connectivity index (χ3v) is 11.3. The zero-order valence-corrected chi connectivity index (χ0v) is 43.6. The molecular formula is C52H96N4O13. The highest BCUT2D eigenvalue weighted by Crippen LogP contribution is 2.21. The Morgan fingerprint density at radius 2 is 0.884 bits per heavy atom. The first-order chi connectivity index (χ1) is 33.0. The van der Waals surface area contributed by atoms with Gasteiger partial charge in [0.05, 0.1) is 64.8 Å². The van der Waals surface area contributed by atoms with E-state index in [2.05, 4.69) is 42.0 Å². The molecule has 2 unspecified atom stereocenters. The molecule has 0 heterocycles. The summed E-state index contributed by atoms with van der Waals surface area (Å²) in [5.74, 6) is -3.04. The first kappa shape index (κ1) is 65.5. The summed E-state index contributed by atoms with van der Waals surface area (Å²) >= 11 is 0. The van der Waals surface area contributed by atoms with Crippen LogP contribution in [0.15, 0.2) is 0 Å². The molecule has 0 aliphatic heterocycles. The van der Waals surface area contributed by atoms with Crippen LogP contribution in [0, 0.1) is 11.3 Å². The van der Waals surface area contributed by atoms with Crippen LogP contribution in [0.1, 0.15) is 195 Å². The molecule has 0 spiro atoms. The summed E-state index contributed by atoms with van der Waals surface area (Å²) in [6, 6.07) is 0.0608. The Balaban J connectivity index is 3.70. The summed E-state index contributed by atoms with van der Waals surface area (Å²) < 4.78 is 21.9. The number of carboxylic acids is 2. The van der Waals surface area contributed by atoms with Crippen LogP contribution in [-0.4, -0.2) is 136 Å². The van der Waals surface area contributed by atoms with Crippen LogP contribution in [0.25, 0.3) is 0 Å². The first-order valence-electron chi connectivity index (χ1n) is 26.4. The Morgan fingerprint density at radius 1 is 0.464 bits per heavy atom. The summed E-state index contributed by atoms with van der Waals surface area (Å²) in [4.78, 5) is 83.9. The van der Waals surface area contributed by atoms with Crippen LogP contribution in [0.5, 0.6) is 0 Å². The fourth-order valence-electron chi connectivity index (χ4n) is 7.57. The number of carbonyl (C=O) groups excluding carboxylic acids is 5. The van der Waals surface area contributed by atoms with E-state index >= 15 is 0 Å². The predicted octanol–water partition coefficient (Wildman–Crippen LogP) is 7.49. The number of rotatable bonds is 50. The maximum Gasteiger partial charge on any atom is 0.306 e. The summed E-state index contributed by atoms with van der Waals surface area (Å²) in [5.41, 5.74) is -0.0480. The van der Waals surface area contributed by atoms with Crippen LogP contribution < -0.4 is 21.3 Å². The summed E-state index contributed by atoms with van der Waals surface area (Å²) in [6.07, 6.45) is 19.4. The monoisotopic (exact) mass is 985 g/mol. The van der Waals surface area contributed by atoms with Gasteiger partial charge in [-0.2, -0.15) is 0 Å². The van der Waals surface area contributed by atoms with Crippen molar-refractivity contribution in [2.75, 3.05) is 72.5 Å². The molecule has 0 fully saturated rings. The number of carbonyl (C=O) groups is 7. The molecule has 0 saturated carbocycles. The molecule has 0 saturated heterocycles. The van der Waals surface area contributed by atoms with Gasteiger partial charge in [0.25, 0.3) is 0 Å². The number of ketones is 2. The van der Waals surface area contributed by atoms with E-state index < -0.39 is 17.9 Å². The smallest absolute Gasteiger partial charge is 0.306 e. The van der Waals surface area contributed by atoms with Gasteiger partial charge in [0, 0.05) is 70.6 Å². The van der Waals surface area contributed by atoms with Crippen molar-refractivity contribution < 1.29 is 62.7 Å². The molecule has 0 aromatic rings. The zero-order chi connectivity index (χ0) is 51.4. The Labute approximate surface area is 415 Å². The average molecular weight is 985 g/mol. The van der Waals surface area contributed by atoms with Crippen LogP contribution in [0.2, 0.25) is 0 Å². The lowest BCUT2D eigenvalue weighted by Gasteiger charge is -2.24. The lowest BCUT2D eigenvalue weighted by molar-refractivity contribution is -0.144. The minimum absolute atomic E-state index is 0.0103. The molecule has 17 nitrogen and oxygen atoms in total. The van der Waals surface area contributed by atoms with Crippen molar-refractivity contribution in [2.45, 2.75) is 207 Å². The standard InChI is InChI=1S/C52H96N4O13/c1-42(2)56-45(46(58)41-52(3,4)5)23-20-21-29-53-48(60)27-32-66-36-39-69-35-31-55-49(61)28-33-67-37-38-68-34-30-54-47(59)26-25-43(51(64)65)40-44(57)22-18-16-14-12-10-8-6-7-9-11-13-15-17-19-24-50(62)63/h42-43,45,56H,6-41H2,1-5H3,(H,53,60)(H,54,59)(H,55,61)(H,62,63)(H,64,65). The van der Waals surface area contributed by atoms with Gasteiger partial charge in [0.1, 0.15) is 11.6 Å². The van der Waals surface area contributed by atoms with Gasteiger partial charge in [-0.15, -0.1) is 0 Å². The van der Waals surface area contributed by atoms with Crippen LogP contribution in [0.3, 0.4) is 0 Å². The second-order valence-corrected chi connectivity index (χ2v) is 19.7. The molecule has 0 aromatic heterocycles. The molecular weight excluding hydrogens is 889 g/mol. The van der Waals surface area contributed by atoms with Gasteiger partial charge in [-0.25, -0.2) is 0 Å². The Kier molecular flexibility index (Phi) is 42.2. The SMILES string of the molecule is CC(C)NC(CCCCNC(=O)CCOCCOCCNC(=O)CCOCCOCCNC(=O)CCC(CC(=O)CCCCCCCCCCCCCCCCC(=O)O)C(=O)O)C(=O)CC(C)(C)C. The number of hydrogen-bond acceptors (Lipinski definition) is 12. The number of carboxylic acid groups (broad SMARTS) is 2. The Morgan fingerprint density at radius 3 is 1.32 bits per heavy atom. The maximum atomic E-state index is 12.7. The predicted molar refractivity (Wildman–Crippen MR) is 268 cm³/mol. The fraction of sp³-hybridized carbons (Fsp3) is 0.865. The van der Waals surface area contributed by atoms with Crippen molar-refractivity contribution in [3.63, 3.8) is 0 Å². The van der Waals surface area contributed by atoms with Gasteiger partial charge in [-0.3, -0.25) is 33.6 Å². The van der Waals surface area contributed by atoms with Crippen molar-refractivity contribution in [2.24, 2.45) is 11.3 Å². The van der Waals surface area contributed by atoms with Gasteiger partial charge < -0.3 is 50.4 Å². The molecule has 0 rings (SSSR count). The summed E-state index contributed by atoms with van der Waals surface area (Å²) in [6.45, 7) is 13.7. The molecule has 17 heteroatoms. The third-order valence-electron chi connectivity index (χ3n) is 11.3. The molecule has 0 aliphatic carbocycles. The third kappa shape index (κ3) is 46.6. The highest BCUT2D eigenvalue weighted by molar-refractivity contribution is 5.85. The van der Waals surface area contributed by atoms with E-state index in [0.29, 0.717) is 45.8 Å². The maximum absolute atomic E-state index is 12.7. The zero-order valence-electron chi connectivity index (χ0n) is 43.6. The minimum Gasteiger partial charge on any atom is -0.481 e. The number of ether oxygens (including phenoxy) is 4. The van der Waals surface area contributed by atoms with E-state index in [1.54, 1.807) is 0 Å². The first-order valence-corrected chi connectivity index (χ1v) is 26.4. The lowest BCUT2D eigenvalue weighted by Crippen LogP contribution is -2.42. The number of amides is 3. The van der Waals surface area contributed by atoms with Crippen LogP contribution in [0.4, 0.5) is 0 Å². The van der Waals surface area contributed by atoms with Crippen molar-refractivity contribution >= 4 is 41.2 Å². The Bertz CT molecular complexity index is 1370. The lowest BCUT2D eigenvalue weighted by atomic mass is 9.86. The molecule has 0 aliphatic rings. The van der Waals surface area contributed by atoms with E-state index in [1.165, 1.54) is 44.9 Å². The summed E-state index contributed by atoms with van der Waals surface area (Å²) in [5, 5.41) is 30.0. The molecule has 3 amide bonds. The summed E-state index contributed by atoms with van der Waals surface area (Å²) in [7, 11) is 0. The molecule has 69 heavy (non-hydrogen) atoms. The van der Waals surface area contributed by atoms with Crippen molar-refractivity contribution in [1.29, 1.82) is 0 Å². The largest absolute Gasteiger partial charge is 0.481 e. The van der Waals surface area contributed by atoms with Gasteiger partial charge in [-0.1, -0.05) is 112 Å². The number of unbranched alkanes of at least 4 members (excludes halogenated alkanes) is 14. The fourth-order valence-corrected chi connectivity index (χ4v) is 7.57. The number of Topliss-reactive ketones (excluding diaryl/α,β-unsaturated/α-hetero) is 2. The number of hydrogen-bond donors (Lipinski definition) is 6. The van der Waals surface area contributed by atoms with Gasteiger partial charge in [-0.05, 0) is 43.9 Å².